The first-order chi connectivity index (χ1) is 21.1. The molecule has 0 fully saturated rings. The Hall–Kier alpha value is -1.54. The number of phosphoric acid groups is 1. The third-order valence-electron chi connectivity index (χ3n) is 6.64. The van der Waals surface area contributed by atoms with Crippen LogP contribution in [0.3, 0.4) is 0 Å². The highest BCUT2D eigenvalue weighted by Crippen LogP contribution is 2.38. The van der Waals surface area contributed by atoms with Crippen LogP contribution in [0.15, 0.2) is 48.6 Å². The van der Waals surface area contributed by atoms with Crippen LogP contribution in [-0.4, -0.2) is 70.7 Å². The molecule has 0 aliphatic rings. The van der Waals surface area contributed by atoms with Gasteiger partial charge in [0.15, 0.2) is 0 Å². The molecular formula is C35H64NO7P. The van der Waals surface area contributed by atoms with Crippen molar-refractivity contribution in [1.82, 2.24) is 0 Å². The molecule has 0 saturated carbocycles. The van der Waals surface area contributed by atoms with E-state index in [2.05, 4.69) is 55.5 Å². The first kappa shape index (κ1) is 42.5. The average Bonchev–Trinajstić information content (AvgIpc) is 2.96. The van der Waals surface area contributed by atoms with Gasteiger partial charge in [-0.25, -0.2) is 0 Å². The standard InChI is InChI=1S/C35H64NO7P/c1-6-8-10-11-12-13-14-15-16-17-18-19-20-21-22-23-24-25-26-27-30-40-32-34(43-35(37)28-9-7-2)33-42-44(38,39)41-31-29-36(3,4)5/h8,10,12-13,15-16,18-19,34H,6-7,9,11,14,17,20-33H2,1-5H3/b10-8-,13-12-,16-15-,19-18-. The number of phosphoric ester groups is 1. The van der Waals surface area contributed by atoms with Crippen molar-refractivity contribution in [2.24, 2.45) is 0 Å². The lowest BCUT2D eigenvalue weighted by Crippen LogP contribution is -2.37. The molecule has 0 bridgehead atoms. The maximum absolute atomic E-state index is 12.1. The van der Waals surface area contributed by atoms with Gasteiger partial charge in [-0.15, -0.1) is 0 Å². The van der Waals surface area contributed by atoms with Gasteiger partial charge in [0, 0.05) is 13.0 Å². The molecule has 0 rings (SSSR count). The number of carbonyl (C=O) groups excluding carboxylic acids is 1. The van der Waals surface area contributed by atoms with E-state index in [9.17, 15) is 14.3 Å². The summed E-state index contributed by atoms with van der Waals surface area (Å²) < 4.78 is 33.8. The van der Waals surface area contributed by atoms with Crippen LogP contribution in [0.5, 0.6) is 0 Å². The van der Waals surface area contributed by atoms with Crippen LogP contribution in [0.25, 0.3) is 0 Å². The number of carbonyl (C=O) groups is 1. The fraction of sp³-hybridized carbons (Fsp3) is 0.743. The molecule has 0 saturated heterocycles. The molecule has 0 aliphatic heterocycles. The van der Waals surface area contributed by atoms with Gasteiger partial charge in [-0.2, -0.15) is 0 Å². The molecule has 0 radical (unpaired) electrons. The van der Waals surface area contributed by atoms with Gasteiger partial charge in [-0.3, -0.25) is 9.36 Å². The van der Waals surface area contributed by atoms with Gasteiger partial charge in [-0.1, -0.05) is 101 Å². The molecule has 0 N–H and O–H groups in total. The predicted octanol–water partition coefficient (Wildman–Crippen LogP) is 8.24. The minimum atomic E-state index is -4.50. The molecule has 0 amide bonds. The molecule has 0 aromatic carbocycles. The molecule has 8 nitrogen and oxygen atoms in total. The molecule has 0 aliphatic carbocycles. The lowest BCUT2D eigenvalue weighted by Gasteiger charge is -2.28. The van der Waals surface area contributed by atoms with Crippen molar-refractivity contribution in [3.8, 4) is 0 Å². The monoisotopic (exact) mass is 641 g/mol. The van der Waals surface area contributed by atoms with E-state index in [-0.39, 0.29) is 32.2 Å². The van der Waals surface area contributed by atoms with Crippen LogP contribution in [-0.2, 0) is 27.9 Å². The summed E-state index contributed by atoms with van der Waals surface area (Å²) in [5.41, 5.74) is 0. The second kappa shape index (κ2) is 28.9. The molecule has 44 heavy (non-hydrogen) atoms. The Labute approximate surface area is 269 Å². The Morgan fingerprint density at radius 3 is 1.89 bits per heavy atom. The number of esters is 1. The van der Waals surface area contributed by atoms with Gasteiger partial charge in [0.1, 0.15) is 19.3 Å². The number of quaternary nitrogens is 1. The fourth-order valence-corrected chi connectivity index (χ4v) is 4.71. The summed E-state index contributed by atoms with van der Waals surface area (Å²) in [5.74, 6) is -0.377. The molecule has 0 heterocycles. The SMILES string of the molecule is CC/C=C\C/C=C\C/C=C\C/C=C\CCCCCCCCCOCC(COP(=O)([O-])OCC[N+](C)(C)C)OC(=O)CCCC. The molecule has 0 spiro atoms. The van der Waals surface area contributed by atoms with Gasteiger partial charge >= 0.3 is 5.97 Å². The van der Waals surface area contributed by atoms with Crippen molar-refractivity contribution in [3.63, 3.8) is 0 Å². The zero-order chi connectivity index (χ0) is 32.8. The number of unbranched alkanes of at least 4 members (excludes halogenated alkanes) is 8. The smallest absolute Gasteiger partial charge is 0.306 e. The van der Waals surface area contributed by atoms with E-state index in [4.69, 9.17) is 18.5 Å². The van der Waals surface area contributed by atoms with Gasteiger partial charge in [-0.05, 0) is 51.4 Å². The quantitative estimate of drug-likeness (QED) is 0.0256. The van der Waals surface area contributed by atoms with Gasteiger partial charge in [0.2, 0.25) is 0 Å². The summed E-state index contributed by atoms with van der Waals surface area (Å²) in [6, 6.07) is 0. The van der Waals surface area contributed by atoms with E-state index in [1.165, 1.54) is 25.7 Å². The van der Waals surface area contributed by atoms with Crippen LogP contribution in [0.1, 0.15) is 110 Å². The topological polar surface area (TPSA) is 94.1 Å². The largest absolute Gasteiger partial charge is 0.756 e. The highest BCUT2D eigenvalue weighted by Gasteiger charge is 2.20. The Bertz CT molecular complexity index is 849. The van der Waals surface area contributed by atoms with E-state index in [0.717, 1.165) is 57.8 Å². The van der Waals surface area contributed by atoms with Gasteiger partial charge in [0.25, 0.3) is 7.82 Å². The van der Waals surface area contributed by atoms with Crippen LogP contribution < -0.4 is 4.89 Å². The number of likely N-dealkylation sites (N-methyl/N-ethyl adjacent to an activating group) is 1. The summed E-state index contributed by atoms with van der Waals surface area (Å²) in [6.45, 7) is 4.99. The zero-order valence-corrected chi connectivity index (χ0v) is 29.5. The van der Waals surface area contributed by atoms with Crippen molar-refractivity contribution in [2.75, 3.05) is 54.1 Å². The van der Waals surface area contributed by atoms with E-state index in [1.54, 1.807) is 0 Å². The second-order valence-corrected chi connectivity index (χ2v) is 13.6. The summed E-state index contributed by atoms with van der Waals surface area (Å²) in [7, 11) is 1.33. The summed E-state index contributed by atoms with van der Waals surface area (Å²) >= 11 is 0. The minimum absolute atomic E-state index is 0.0209. The van der Waals surface area contributed by atoms with E-state index >= 15 is 0 Å². The number of hydrogen-bond acceptors (Lipinski definition) is 7. The molecule has 9 heteroatoms. The molecule has 0 aromatic rings. The lowest BCUT2D eigenvalue weighted by atomic mass is 10.1. The number of hydrogen-bond donors (Lipinski definition) is 0. The first-order valence-corrected chi connectivity index (χ1v) is 18.3. The maximum Gasteiger partial charge on any atom is 0.306 e. The molecule has 256 valence electrons. The maximum atomic E-state index is 12.1. The van der Waals surface area contributed by atoms with E-state index in [0.29, 0.717) is 24.1 Å². The number of nitrogens with zero attached hydrogens (tertiary/aromatic N) is 1. The van der Waals surface area contributed by atoms with Gasteiger partial charge < -0.3 is 27.9 Å². The molecule has 2 unspecified atom stereocenters. The third-order valence-corrected chi connectivity index (χ3v) is 7.61. The normalized spacial score (nSPS) is 14.8. The minimum Gasteiger partial charge on any atom is -0.756 e. The van der Waals surface area contributed by atoms with E-state index in [1.807, 2.05) is 28.1 Å². The zero-order valence-electron chi connectivity index (χ0n) is 28.6. The van der Waals surface area contributed by atoms with Gasteiger partial charge in [0.05, 0.1) is 34.4 Å². The summed E-state index contributed by atoms with van der Waals surface area (Å²) in [6.07, 6.45) is 32.3. The molecular weight excluding hydrogens is 577 g/mol. The van der Waals surface area contributed by atoms with Crippen molar-refractivity contribution in [3.05, 3.63) is 48.6 Å². The third kappa shape index (κ3) is 31.9. The van der Waals surface area contributed by atoms with Crippen LogP contribution in [0.4, 0.5) is 0 Å². The average molecular weight is 642 g/mol. The van der Waals surface area contributed by atoms with Crippen molar-refractivity contribution in [1.29, 1.82) is 0 Å². The highest BCUT2D eigenvalue weighted by atomic mass is 31.2. The fourth-order valence-electron chi connectivity index (χ4n) is 3.98. The lowest BCUT2D eigenvalue weighted by molar-refractivity contribution is -0.870. The van der Waals surface area contributed by atoms with Crippen LogP contribution in [0, 0.1) is 0 Å². The van der Waals surface area contributed by atoms with Crippen LogP contribution >= 0.6 is 7.82 Å². The Morgan fingerprint density at radius 2 is 1.30 bits per heavy atom. The summed E-state index contributed by atoms with van der Waals surface area (Å²) in [5, 5.41) is 0. The van der Waals surface area contributed by atoms with E-state index < -0.39 is 13.9 Å². The van der Waals surface area contributed by atoms with Crippen LogP contribution in [0.2, 0.25) is 0 Å². The second-order valence-electron chi connectivity index (χ2n) is 12.1. The molecule has 2 atom stereocenters. The van der Waals surface area contributed by atoms with Crippen molar-refractivity contribution in [2.45, 2.75) is 116 Å². The van der Waals surface area contributed by atoms with Crippen molar-refractivity contribution < 1.29 is 37.3 Å². The Morgan fingerprint density at radius 1 is 0.727 bits per heavy atom. The Balaban J connectivity index is 3.99. The predicted molar refractivity (Wildman–Crippen MR) is 180 cm³/mol. The summed E-state index contributed by atoms with van der Waals surface area (Å²) in [4.78, 5) is 24.3. The number of allylic oxidation sites excluding steroid dienone is 8. The number of ether oxygens (including phenoxy) is 2. The Kier molecular flexibility index (Phi) is 27.9. The molecule has 0 aromatic heterocycles. The highest BCUT2D eigenvalue weighted by molar-refractivity contribution is 7.45. The number of rotatable bonds is 30. The van der Waals surface area contributed by atoms with Crippen molar-refractivity contribution >= 4 is 13.8 Å². The first-order valence-electron chi connectivity index (χ1n) is 16.9.